The van der Waals surface area contributed by atoms with Crippen LogP contribution in [0.2, 0.25) is 0 Å². The average Bonchev–Trinajstić information content (AvgIpc) is 3.17. The van der Waals surface area contributed by atoms with Crippen molar-refractivity contribution in [2.24, 2.45) is 11.7 Å². The van der Waals surface area contributed by atoms with Crippen LogP contribution in [-0.2, 0) is 22.6 Å². The van der Waals surface area contributed by atoms with Gasteiger partial charge in [-0.1, -0.05) is 12.1 Å². The van der Waals surface area contributed by atoms with Crippen LogP contribution in [0.1, 0.15) is 24.0 Å². The van der Waals surface area contributed by atoms with E-state index in [9.17, 15) is 9.59 Å². The molecule has 3 aliphatic rings. The minimum Gasteiger partial charge on any atom is -0.493 e. The first kappa shape index (κ1) is 19.2. The normalized spacial score (nSPS) is 23.3. The molecule has 0 radical (unpaired) electrons. The molecule has 7 nitrogen and oxygen atoms in total. The van der Waals surface area contributed by atoms with Crippen LogP contribution in [-0.4, -0.2) is 78.9 Å². The number of piperazine rings is 1. The average molecular weight is 386 g/mol. The van der Waals surface area contributed by atoms with Gasteiger partial charge in [0, 0.05) is 52.2 Å². The zero-order valence-electron chi connectivity index (χ0n) is 16.4. The maximum atomic E-state index is 12.6. The van der Waals surface area contributed by atoms with Crippen molar-refractivity contribution in [1.29, 1.82) is 0 Å². The summed E-state index contributed by atoms with van der Waals surface area (Å²) in [7, 11) is 0. The Labute approximate surface area is 166 Å². The first-order valence-corrected chi connectivity index (χ1v) is 10.3. The number of rotatable bonds is 5. The highest BCUT2D eigenvalue weighted by molar-refractivity contribution is 5.81. The standard InChI is InChI=1S/C21H30N4O3/c22-21(27)18-2-1-6-25(14-18)20(26)15-24-9-7-23(8-10-24)13-16-3-4-19-17(12-16)5-11-28-19/h3-4,12,18H,1-2,5-11,13-15H2,(H2,22,27). The molecule has 2 saturated heterocycles. The molecular weight excluding hydrogens is 356 g/mol. The fraction of sp³-hybridized carbons (Fsp3) is 0.619. The van der Waals surface area contributed by atoms with Crippen LogP contribution in [0.25, 0.3) is 0 Å². The number of nitrogens with zero attached hydrogens (tertiary/aromatic N) is 3. The highest BCUT2D eigenvalue weighted by Gasteiger charge is 2.28. The number of primary amides is 1. The van der Waals surface area contributed by atoms with E-state index in [0.717, 1.165) is 70.9 Å². The lowest BCUT2D eigenvalue weighted by atomic mass is 9.97. The zero-order chi connectivity index (χ0) is 19.5. The summed E-state index contributed by atoms with van der Waals surface area (Å²) >= 11 is 0. The Kier molecular flexibility index (Phi) is 5.82. The predicted octanol–water partition coefficient (Wildman–Crippen LogP) is 0.463. The van der Waals surface area contributed by atoms with Crippen molar-refractivity contribution < 1.29 is 14.3 Å². The van der Waals surface area contributed by atoms with E-state index in [1.165, 1.54) is 11.1 Å². The molecule has 2 amide bonds. The maximum Gasteiger partial charge on any atom is 0.236 e. The van der Waals surface area contributed by atoms with Crippen molar-refractivity contribution in [2.75, 3.05) is 52.4 Å². The van der Waals surface area contributed by atoms with Gasteiger partial charge in [-0.2, -0.15) is 0 Å². The smallest absolute Gasteiger partial charge is 0.236 e. The van der Waals surface area contributed by atoms with Crippen molar-refractivity contribution in [3.05, 3.63) is 29.3 Å². The van der Waals surface area contributed by atoms with E-state index in [2.05, 4.69) is 28.0 Å². The lowest BCUT2D eigenvalue weighted by Gasteiger charge is -2.37. The van der Waals surface area contributed by atoms with Crippen molar-refractivity contribution in [2.45, 2.75) is 25.8 Å². The highest BCUT2D eigenvalue weighted by atomic mass is 16.5. The zero-order valence-corrected chi connectivity index (χ0v) is 16.4. The van der Waals surface area contributed by atoms with Gasteiger partial charge in [0.15, 0.2) is 0 Å². The number of ether oxygens (including phenoxy) is 1. The second-order valence-corrected chi connectivity index (χ2v) is 8.17. The molecule has 1 atom stereocenters. The minimum atomic E-state index is -0.288. The first-order chi connectivity index (χ1) is 13.6. The molecule has 152 valence electrons. The number of fused-ring (bicyclic) bond motifs is 1. The van der Waals surface area contributed by atoms with Crippen LogP contribution in [0.5, 0.6) is 5.75 Å². The molecule has 0 aromatic heterocycles. The van der Waals surface area contributed by atoms with Gasteiger partial charge in [-0.3, -0.25) is 19.4 Å². The van der Waals surface area contributed by atoms with E-state index in [0.29, 0.717) is 13.1 Å². The molecule has 1 unspecified atom stereocenters. The van der Waals surface area contributed by atoms with Gasteiger partial charge in [0.25, 0.3) is 0 Å². The van der Waals surface area contributed by atoms with Gasteiger partial charge in [0.2, 0.25) is 11.8 Å². The number of hydrogen-bond acceptors (Lipinski definition) is 5. The number of piperidine rings is 1. The molecule has 2 N–H and O–H groups in total. The summed E-state index contributed by atoms with van der Waals surface area (Å²) in [5, 5.41) is 0. The number of nitrogens with two attached hydrogens (primary N) is 1. The van der Waals surface area contributed by atoms with Gasteiger partial charge in [-0.25, -0.2) is 0 Å². The number of carbonyl (C=O) groups excluding carboxylic acids is 2. The second kappa shape index (κ2) is 8.49. The summed E-state index contributed by atoms with van der Waals surface area (Å²) in [6.07, 6.45) is 2.66. The van der Waals surface area contributed by atoms with E-state index < -0.39 is 0 Å². The number of likely N-dealkylation sites (tertiary alicyclic amines) is 1. The molecule has 0 bridgehead atoms. The Balaban J connectivity index is 1.23. The Morgan fingerprint density at radius 3 is 2.68 bits per heavy atom. The molecule has 3 heterocycles. The van der Waals surface area contributed by atoms with Crippen molar-refractivity contribution in [3.63, 3.8) is 0 Å². The maximum absolute atomic E-state index is 12.6. The SMILES string of the molecule is NC(=O)C1CCCN(C(=O)CN2CCN(Cc3ccc4c(c3)CCO4)CC2)C1. The molecule has 0 aliphatic carbocycles. The Morgan fingerprint density at radius 2 is 1.89 bits per heavy atom. The summed E-state index contributed by atoms with van der Waals surface area (Å²) < 4.78 is 5.58. The van der Waals surface area contributed by atoms with E-state index in [1.54, 1.807) is 0 Å². The van der Waals surface area contributed by atoms with Crippen molar-refractivity contribution in [3.8, 4) is 5.75 Å². The molecule has 28 heavy (non-hydrogen) atoms. The van der Waals surface area contributed by atoms with Crippen molar-refractivity contribution >= 4 is 11.8 Å². The second-order valence-electron chi connectivity index (χ2n) is 8.17. The Morgan fingerprint density at radius 1 is 1.11 bits per heavy atom. The molecule has 1 aromatic carbocycles. The molecule has 2 fully saturated rings. The van der Waals surface area contributed by atoms with Crippen LogP contribution >= 0.6 is 0 Å². The van der Waals surface area contributed by atoms with Gasteiger partial charge in [-0.05, 0) is 30.0 Å². The molecular formula is C21H30N4O3. The fourth-order valence-electron chi connectivity index (χ4n) is 4.43. The van der Waals surface area contributed by atoms with E-state index >= 15 is 0 Å². The summed E-state index contributed by atoms with van der Waals surface area (Å²) in [6, 6.07) is 6.51. The number of benzene rings is 1. The van der Waals surface area contributed by atoms with Crippen LogP contribution in [0.3, 0.4) is 0 Å². The number of amides is 2. The summed E-state index contributed by atoms with van der Waals surface area (Å²) in [5.74, 6) is 0.679. The lowest BCUT2D eigenvalue weighted by molar-refractivity contribution is -0.136. The number of carbonyl (C=O) groups is 2. The molecule has 0 saturated carbocycles. The molecule has 7 heteroatoms. The van der Waals surface area contributed by atoms with Crippen LogP contribution < -0.4 is 10.5 Å². The largest absolute Gasteiger partial charge is 0.493 e. The van der Waals surface area contributed by atoms with Gasteiger partial charge < -0.3 is 15.4 Å². The lowest BCUT2D eigenvalue weighted by Crippen LogP contribution is -2.51. The topological polar surface area (TPSA) is 79.1 Å². The summed E-state index contributed by atoms with van der Waals surface area (Å²) in [6.45, 7) is 7.12. The van der Waals surface area contributed by atoms with E-state index in [-0.39, 0.29) is 17.7 Å². The van der Waals surface area contributed by atoms with Gasteiger partial charge in [0.05, 0.1) is 19.1 Å². The molecule has 4 rings (SSSR count). The molecule has 1 aromatic rings. The van der Waals surface area contributed by atoms with Gasteiger partial charge in [0.1, 0.15) is 5.75 Å². The highest BCUT2D eigenvalue weighted by Crippen LogP contribution is 2.26. The van der Waals surface area contributed by atoms with E-state index in [4.69, 9.17) is 10.5 Å². The minimum absolute atomic E-state index is 0.123. The van der Waals surface area contributed by atoms with Crippen LogP contribution in [0.15, 0.2) is 18.2 Å². The summed E-state index contributed by atoms with van der Waals surface area (Å²) in [5.41, 5.74) is 8.07. The predicted molar refractivity (Wildman–Crippen MR) is 106 cm³/mol. The van der Waals surface area contributed by atoms with Crippen LogP contribution in [0.4, 0.5) is 0 Å². The fourth-order valence-corrected chi connectivity index (χ4v) is 4.43. The first-order valence-electron chi connectivity index (χ1n) is 10.3. The third kappa shape index (κ3) is 4.47. The Bertz CT molecular complexity index is 730. The van der Waals surface area contributed by atoms with Gasteiger partial charge in [-0.15, -0.1) is 0 Å². The monoisotopic (exact) mass is 386 g/mol. The number of hydrogen-bond donors (Lipinski definition) is 1. The molecule has 3 aliphatic heterocycles. The quantitative estimate of drug-likeness (QED) is 0.796. The van der Waals surface area contributed by atoms with Crippen molar-refractivity contribution in [1.82, 2.24) is 14.7 Å². The third-order valence-electron chi connectivity index (χ3n) is 6.16. The third-order valence-corrected chi connectivity index (χ3v) is 6.16. The van der Waals surface area contributed by atoms with Crippen LogP contribution in [0, 0.1) is 5.92 Å². The van der Waals surface area contributed by atoms with Gasteiger partial charge >= 0.3 is 0 Å². The van der Waals surface area contributed by atoms with E-state index in [1.807, 2.05) is 4.90 Å². The summed E-state index contributed by atoms with van der Waals surface area (Å²) in [4.78, 5) is 30.5. The molecule has 0 spiro atoms. The Hall–Kier alpha value is -2.12.